The average molecular weight is 239 g/mol. The first kappa shape index (κ1) is 11.4. The molecule has 88 valence electrons. The van der Waals surface area contributed by atoms with E-state index in [0.717, 1.165) is 19.0 Å². The first-order chi connectivity index (χ1) is 7.79. The van der Waals surface area contributed by atoms with Crippen LogP contribution in [-0.4, -0.2) is 34.3 Å². The van der Waals surface area contributed by atoms with E-state index in [1.165, 1.54) is 37.4 Å². The van der Waals surface area contributed by atoms with Gasteiger partial charge in [0.2, 0.25) is 11.9 Å². The van der Waals surface area contributed by atoms with Crippen LogP contribution in [0.1, 0.15) is 25.7 Å². The second-order valence-electron chi connectivity index (χ2n) is 3.88. The summed E-state index contributed by atoms with van der Waals surface area (Å²) in [6, 6.07) is 0. The molecule has 0 spiro atoms. The predicted molar refractivity (Wildman–Crippen MR) is 66.7 cm³/mol. The van der Waals surface area contributed by atoms with Crippen LogP contribution in [0.15, 0.2) is 5.16 Å². The summed E-state index contributed by atoms with van der Waals surface area (Å²) in [5.41, 5.74) is 5.68. The number of anilines is 2. The third kappa shape index (κ3) is 2.75. The van der Waals surface area contributed by atoms with Gasteiger partial charge in [-0.15, -0.1) is 0 Å². The fourth-order valence-electron chi connectivity index (χ4n) is 1.86. The zero-order chi connectivity index (χ0) is 11.4. The molecule has 2 N–H and O–H groups in total. The highest BCUT2D eigenvalue weighted by Gasteiger charge is 2.14. The van der Waals surface area contributed by atoms with Crippen LogP contribution >= 0.6 is 11.8 Å². The van der Waals surface area contributed by atoms with Gasteiger partial charge in [-0.2, -0.15) is 15.0 Å². The zero-order valence-corrected chi connectivity index (χ0v) is 10.3. The first-order valence-electron chi connectivity index (χ1n) is 5.60. The minimum Gasteiger partial charge on any atom is -0.368 e. The van der Waals surface area contributed by atoms with E-state index in [1.54, 1.807) is 0 Å². The molecule has 16 heavy (non-hydrogen) atoms. The van der Waals surface area contributed by atoms with Crippen molar-refractivity contribution in [3.8, 4) is 0 Å². The van der Waals surface area contributed by atoms with Gasteiger partial charge in [0, 0.05) is 13.1 Å². The number of nitrogen functional groups attached to an aromatic ring is 1. The Morgan fingerprint density at radius 3 is 2.38 bits per heavy atom. The second-order valence-corrected chi connectivity index (χ2v) is 4.65. The van der Waals surface area contributed by atoms with Gasteiger partial charge in [0.1, 0.15) is 0 Å². The number of aromatic nitrogens is 3. The molecule has 1 fully saturated rings. The van der Waals surface area contributed by atoms with Gasteiger partial charge in [-0.25, -0.2) is 0 Å². The van der Waals surface area contributed by atoms with Crippen LogP contribution in [0.5, 0.6) is 0 Å². The molecular formula is C10H17N5S. The molecule has 1 aliphatic heterocycles. The molecule has 1 aliphatic rings. The minimum absolute atomic E-state index is 0.318. The molecule has 1 saturated heterocycles. The Morgan fingerprint density at radius 1 is 1.06 bits per heavy atom. The normalized spacial score (nSPS) is 17.2. The van der Waals surface area contributed by atoms with Crippen molar-refractivity contribution in [1.29, 1.82) is 0 Å². The van der Waals surface area contributed by atoms with Crippen LogP contribution in [0.2, 0.25) is 0 Å². The van der Waals surface area contributed by atoms with Crippen LogP contribution in [0.4, 0.5) is 11.9 Å². The second kappa shape index (κ2) is 5.34. The van der Waals surface area contributed by atoms with Gasteiger partial charge < -0.3 is 10.6 Å². The summed E-state index contributed by atoms with van der Waals surface area (Å²) in [7, 11) is 0. The summed E-state index contributed by atoms with van der Waals surface area (Å²) in [6.07, 6.45) is 6.96. The average Bonchev–Trinajstić information content (AvgIpc) is 2.56. The molecule has 0 bridgehead atoms. The van der Waals surface area contributed by atoms with Crippen molar-refractivity contribution < 1.29 is 0 Å². The van der Waals surface area contributed by atoms with E-state index in [2.05, 4.69) is 19.9 Å². The summed E-state index contributed by atoms with van der Waals surface area (Å²) >= 11 is 1.50. The molecule has 1 aromatic heterocycles. The first-order valence-corrected chi connectivity index (χ1v) is 6.82. The Bertz CT molecular complexity index is 349. The molecule has 0 unspecified atom stereocenters. The van der Waals surface area contributed by atoms with E-state index in [1.807, 2.05) is 6.26 Å². The molecule has 1 aromatic rings. The lowest BCUT2D eigenvalue weighted by atomic mass is 10.2. The molecule has 2 rings (SSSR count). The number of nitrogens with two attached hydrogens (primary N) is 1. The molecule has 0 amide bonds. The van der Waals surface area contributed by atoms with Gasteiger partial charge in [-0.3, -0.25) is 0 Å². The van der Waals surface area contributed by atoms with Crippen molar-refractivity contribution in [2.45, 2.75) is 30.8 Å². The Kier molecular flexibility index (Phi) is 3.82. The van der Waals surface area contributed by atoms with Crippen molar-refractivity contribution in [3.05, 3.63) is 0 Å². The maximum absolute atomic E-state index is 5.68. The monoisotopic (exact) mass is 239 g/mol. The van der Waals surface area contributed by atoms with Crippen molar-refractivity contribution >= 4 is 23.7 Å². The van der Waals surface area contributed by atoms with Gasteiger partial charge >= 0.3 is 0 Å². The maximum atomic E-state index is 5.68. The third-order valence-electron chi connectivity index (χ3n) is 2.69. The van der Waals surface area contributed by atoms with E-state index in [-0.39, 0.29) is 0 Å². The summed E-state index contributed by atoms with van der Waals surface area (Å²) in [4.78, 5) is 14.9. The molecule has 2 heterocycles. The summed E-state index contributed by atoms with van der Waals surface area (Å²) < 4.78 is 0. The van der Waals surface area contributed by atoms with Crippen molar-refractivity contribution in [2.24, 2.45) is 0 Å². The Hall–Kier alpha value is -1.04. The van der Waals surface area contributed by atoms with E-state index in [0.29, 0.717) is 11.1 Å². The van der Waals surface area contributed by atoms with Crippen LogP contribution in [0.3, 0.4) is 0 Å². The van der Waals surface area contributed by atoms with Gasteiger partial charge in [-0.05, 0) is 19.1 Å². The van der Waals surface area contributed by atoms with Gasteiger partial charge in [0.05, 0.1) is 0 Å². The molecule has 0 aromatic carbocycles. The Morgan fingerprint density at radius 2 is 1.75 bits per heavy atom. The summed E-state index contributed by atoms with van der Waals surface area (Å²) in [5, 5.41) is 0.701. The minimum atomic E-state index is 0.318. The fraction of sp³-hybridized carbons (Fsp3) is 0.700. The summed E-state index contributed by atoms with van der Waals surface area (Å²) in [6.45, 7) is 2.05. The smallest absolute Gasteiger partial charge is 0.231 e. The van der Waals surface area contributed by atoms with Crippen molar-refractivity contribution in [3.63, 3.8) is 0 Å². The lowest BCUT2D eigenvalue weighted by Gasteiger charge is -2.20. The Labute approximate surface area is 99.9 Å². The van der Waals surface area contributed by atoms with Gasteiger partial charge in [0.15, 0.2) is 5.16 Å². The lowest BCUT2D eigenvalue weighted by Crippen LogP contribution is -2.26. The van der Waals surface area contributed by atoms with E-state index in [4.69, 9.17) is 5.73 Å². The largest absolute Gasteiger partial charge is 0.368 e. The molecule has 0 saturated carbocycles. The van der Waals surface area contributed by atoms with E-state index in [9.17, 15) is 0 Å². The van der Waals surface area contributed by atoms with Crippen LogP contribution < -0.4 is 10.6 Å². The SMILES string of the molecule is CSc1nc(N)nc(N2CCCCCC2)n1. The number of thioether (sulfide) groups is 1. The van der Waals surface area contributed by atoms with E-state index >= 15 is 0 Å². The topological polar surface area (TPSA) is 67.9 Å². The Balaban J connectivity index is 2.20. The number of hydrogen-bond acceptors (Lipinski definition) is 6. The molecule has 0 radical (unpaired) electrons. The molecule has 0 aliphatic carbocycles. The number of nitrogens with zero attached hydrogens (tertiary/aromatic N) is 4. The highest BCUT2D eigenvalue weighted by atomic mass is 32.2. The van der Waals surface area contributed by atoms with Crippen LogP contribution in [0, 0.1) is 0 Å². The van der Waals surface area contributed by atoms with E-state index < -0.39 is 0 Å². The van der Waals surface area contributed by atoms with Gasteiger partial charge in [-0.1, -0.05) is 24.6 Å². The van der Waals surface area contributed by atoms with Crippen LogP contribution in [-0.2, 0) is 0 Å². The molecule has 6 heteroatoms. The number of hydrogen-bond donors (Lipinski definition) is 1. The highest BCUT2D eigenvalue weighted by molar-refractivity contribution is 7.98. The zero-order valence-electron chi connectivity index (χ0n) is 9.52. The highest BCUT2D eigenvalue weighted by Crippen LogP contribution is 2.18. The quantitative estimate of drug-likeness (QED) is 0.790. The third-order valence-corrected chi connectivity index (χ3v) is 3.24. The summed E-state index contributed by atoms with van der Waals surface area (Å²) in [5.74, 6) is 1.05. The maximum Gasteiger partial charge on any atom is 0.231 e. The van der Waals surface area contributed by atoms with Crippen molar-refractivity contribution in [2.75, 3.05) is 30.0 Å². The molecule has 0 atom stereocenters. The molecular weight excluding hydrogens is 222 g/mol. The van der Waals surface area contributed by atoms with Crippen LogP contribution in [0.25, 0.3) is 0 Å². The molecule has 5 nitrogen and oxygen atoms in total. The standard InChI is InChI=1S/C10H17N5S/c1-16-10-13-8(11)12-9(14-10)15-6-4-2-3-5-7-15/h2-7H2,1H3,(H2,11,12,13,14). The van der Waals surface area contributed by atoms with Crippen molar-refractivity contribution in [1.82, 2.24) is 15.0 Å². The number of rotatable bonds is 2. The van der Waals surface area contributed by atoms with Gasteiger partial charge in [0.25, 0.3) is 0 Å². The lowest BCUT2D eigenvalue weighted by molar-refractivity contribution is 0.726. The predicted octanol–water partition coefficient (Wildman–Crippen LogP) is 1.56. The fourth-order valence-corrected chi connectivity index (χ4v) is 2.22.